The monoisotopic (exact) mass is 318 g/mol. The minimum Gasteiger partial charge on any atom is -0.453 e. The van der Waals surface area contributed by atoms with Gasteiger partial charge in [0.15, 0.2) is 0 Å². The van der Waals surface area contributed by atoms with Crippen LogP contribution in [0.3, 0.4) is 0 Å². The van der Waals surface area contributed by atoms with Crippen LogP contribution in [0, 0.1) is 0 Å². The lowest BCUT2D eigenvalue weighted by atomic mass is 10.1. The summed E-state index contributed by atoms with van der Waals surface area (Å²) in [6.45, 7) is 4.48. The fourth-order valence-electron chi connectivity index (χ4n) is 2.72. The van der Waals surface area contributed by atoms with Crippen molar-refractivity contribution in [2.75, 3.05) is 13.7 Å². The van der Waals surface area contributed by atoms with Crippen LogP contribution < -0.4 is 5.32 Å². The molecule has 23 heavy (non-hydrogen) atoms. The Kier molecular flexibility index (Phi) is 6.02. The maximum atomic E-state index is 12.3. The molecule has 0 saturated carbocycles. The molecule has 0 radical (unpaired) electrons. The minimum absolute atomic E-state index is 0.162. The van der Waals surface area contributed by atoms with Crippen molar-refractivity contribution in [3.05, 3.63) is 48.6 Å². The van der Waals surface area contributed by atoms with Crippen LogP contribution in [-0.4, -0.2) is 42.8 Å². The highest BCUT2D eigenvalue weighted by atomic mass is 16.6. The number of nitrogens with one attached hydrogen (secondary N) is 1. The lowest BCUT2D eigenvalue weighted by Crippen LogP contribution is -2.46. The summed E-state index contributed by atoms with van der Waals surface area (Å²) in [7, 11) is 1.32. The van der Waals surface area contributed by atoms with Crippen molar-refractivity contribution < 1.29 is 19.1 Å². The average molecular weight is 318 g/mol. The van der Waals surface area contributed by atoms with Gasteiger partial charge in [0.25, 0.3) is 0 Å². The van der Waals surface area contributed by atoms with Gasteiger partial charge < -0.3 is 19.7 Å². The predicted molar refractivity (Wildman–Crippen MR) is 85.9 cm³/mol. The predicted octanol–water partition coefficient (Wildman–Crippen LogP) is 2.70. The Morgan fingerprint density at radius 1 is 1.39 bits per heavy atom. The molecular formula is C17H22N2O4. The van der Waals surface area contributed by atoms with E-state index in [0.29, 0.717) is 19.4 Å². The van der Waals surface area contributed by atoms with Gasteiger partial charge in [-0.2, -0.15) is 0 Å². The van der Waals surface area contributed by atoms with Crippen LogP contribution in [0.4, 0.5) is 9.59 Å². The van der Waals surface area contributed by atoms with Crippen molar-refractivity contribution in [2.24, 2.45) is 0 Å². The number of hydrogen-bond donors (Lipinski definition) is 1. The first-order valence-corrected chi connectivity index (χ1v) is 7.58. The molecule has 1 saturated heterocycles. The van der Waals surface area contributed by atoms with Crippen LogP contribution in [0.15, 0.2) is 43.0 Å². The molecule has 1 aliphatic rings. The van der Waals surface area contributed by atoms with Gasteiger partial charge in [0.05, 0.1) is 19.2 Å². The second-order valence-electron chi connectivity index (χ2n) is 5.36. The van der Waals surface area contributed by atoms with E-state index in [1.54, 1.807) is 11.0 Å². The van der Waals surface area contributed by atoms with Crippen LogP contribution in [0.5, 0.6) is 0 Å². The van der Waals surface area contributed by atoms with E-state index in [0.717, 1.165) is 5.56 Å². The number of methoxy groups -OCH3 is 1. The summed E-state index contributed by atoms with van der Waals surface area (Å²) in [5, 5.41) is 2.76. The molecule has 1 fully saturated rings. The fraction of sp³-hybridized carbons (Fsp3) is 0.412. The van der Waals surface area contributed by atoms with E-state index < -0.39 is 6.09 Å². The normalized spacial score (nSPS) is 20.0. The Balaban J connectivity index is 1.95. The van der Waals surface area contributed by atoms with E-state index in [-0.39, 0.29) is 24.8 Å². The number of amides is 2. The standard InChI is InChI=1S/C17H22N2O4/c1-3-7-15-14(18-16(20)22-2)10-11-19(15)17(21)23-12-13-8-5-4-6-9-13/h3-6,8-9,14-15H,1,7,10-12H2,2H3,(H,18,20)/t14-,15+/m1/s1. The Bertz CT molecular complexity index is 547. The van der Waals surface area contributed by atoms with E-state index in [2.05, 4.69) is 16.6 Å². The molecule has 1 aromatic rings. The Labute approximate surface area is 136 Å². The van der Waals surface area contributed by atoms with E-state index in [4.69, 9.17) is 4.74 Å². The SMILES string of the molecule is C=CC[C@H]1[C@H](NC(=O)OC)CCN1C(=O)OCc1ccccc1. The molecule has 6 heteroatoms. The van der Waals surface area contributed by atoms with Crippen molar-refractivity contribution in [1.82, 2.24) is 10.2 Å². The van der Waals surface area contributed by atoms with E-state index >= 15 is 0 Å². The van der Waals surface area contributed by atoms with Crippen molar-refractivity contribution in [3.63, 3.8) is 0 Å². The third-order valence-electron chi connectivity index (χ3n) is 3.88. The third-order valence-corrected chi connectivity index (χ3v) is 3.88. The number of hydrogen-bond acceptors (Lipinski definition) is 4. The summed E-state index contributed by atoms with van der Waals surface area (Å²) in [6.07, 6.45) is 2.10. The molecule has 0 aliphatic carbocycles. The number of carbonyl (C=O) groups is 2. The summed E-state index contributed by atoms with van der Waals surface area (Å²) in [5.41, 5.74) is 0.935. The zero-order valence-corrected chi connectivity index (χ0v) is 13.2. The molecular weight excluding hydrogens is 296 g/mol. The number of rotatable bonds is 5. The minimum atomic E-state index is -0.497. The van der Waals surface area contributed by atoms with E-state index in [9.17, 15) is 9.59 Å². The van der Waals surface area contributed by atoms with Crippen LogP contribution in [0.2, 0.25) is 0 Å². The first kappa shape index (κ1) is 16.9. The van der Waals surface area contributed by atoms with Gasteiger partial charge in [-0.3, -0.25) is 0 Å². The summed E-state index contributed by atoms with van der Waals surface area (Å²) < 4.78 is 10.0. The first-order chi connectivity index (χ1) is 11.2. The Hall–Kier alpha value is -2.50. The van der Waals surface area contributed by atoms with Crippen LogP contribution in [-0.2, 0) is 16.1 Å². The highest BCUT2D eigenvalue weighted by Gasteiger charge is 2.38. The number of benzene rings is 1. The maximum Gasteiger partial charge on any atom is 0.410 e. The van der Waals surface area contributed by atoms with Gasteiger partial charge in [0.1, 0.15) is 6.61 Å². The number of likely N-dealkylation sites (tertiary alicyclic amines) is 1. The lowest BCUT2D eigenvalue weighted by Gasteiger charge is -2.26. The number of nitrogens with zero attached hydrogens (tertiary/aromatic N) is 1. The van der Waals surface area contributed by atoms with Gasteiger partial charge in [-0.1, -0.05) is 36.4 Å². The number of ether oxygens (including phenoxy) is 2. The van der Waals surface area contributed by atoms with Gasteiger partial charge in [-0.15, -0.1) is 6.58 Å². The van der Waals surface area contributed by atoms with Crippen molar-refractivity contribution >= 4 is 12.2 Å². The molecule has 1 aromatic carbocycles. The van der Waals surface area contributed by atoms with E-state index in [1.165, 1.54) is 7.11 Å². The van der Waals surface area contributed by atoms with Crippen LogP contribution >= 0.6 is 0 Å². The average Bonchev–Trinajstić information content (AvgIpc) is 2.96. The van der Waals surface area contributed by atoms with Crippen molar-refractivity contribution in [1.29, 1.82) is 0 Å². The molecule has 2 atom stereocenters. The van der Waals surface area contributed by atoms with Gasteiger partial charge in [0.2, 0.25) is 0 Å². The molecule has 1 N–H and O–H groups in total. The fourth-order valence-corrected chi connectivity index (χ4v) is 2.72. The zero-order chi connectivity index (χ0) is 16.7. The van der Waals surface area contributed by atoms with Crippen LogP contribution in [0.1, 0.15) is 18.4 Å². The molecule has 6 nitrogen and oxygen atoms in total. The second kappa shape index (κ2) is 8.22. The van der Waals surface area contributed by atoms with Crippen molar-refractivity contribution in [3.8, 4) is 0 Å². The largest absolute Gasteiger partial charge is 0.453 e. The number of alkyl carbamates (subject to hydrolysis) is 1. The summed E-state index contributed by atoms with van der Waals surface area (Å²) >= 11 is 0. The van der Waals surface area contributed by atoms with Gasteiger partial charge in [-0.25, -0.2) is 9.59 Å². The molecule has 0 bridgehead atoms. The molecule has 1 heterocycles. The zero-order valence-electron chi connectivity index (χ0n) is 13.2. The maximum absolute atomic E-state index is 12.3. The summed E-state index contributed by atoms with van der Waals surface area (Å²) in [5.74, 6) is 0. The number of carbonyl (C=O) groups excluding carboxylic acids is 2. The smallest absolute Gasteiger partial charge is 0.410 e. The quantitative estimate of drug-likeness (QED) is 0.848. The van der Waals surface area contributed by atoms with Gasteiger partial charge >= 0.3 is 12.2 Å². The van der Waals surface area contributed by atoms with Crippen LogP contribution in [0.25, 0.3) is 0 Å². The summed E-state index contributed by atoms with van der Waals surface area (Å²) in [6, 6.07) is 9.18. The van der Waals surface area contributed by atoms with Gasteiger partial charge in [-0.05, 0) is 18.4 Å². The Morgan fingerprint density at radius 2 is 2.13 bits per heavy atom. The molecule has 1 aliphatic heterocycles. The highest BCUT2D eigenvalue weighted by Crippen LogP contribution is 2.22. The molecule has 0 aromatic heterocycles. The molecule has 2 amide bonds. The first-order valence-electron chi connectivity index (χ1n) is 7.58. The topological polar surface area (TPSA) is 67.9 Å². The third kappa shape index (κ3) is 4.48. The van der Waals surface area contributed by atoms with Crippen molar-refractivity contribution in [2.45, 2.75) is 31.5 Å². The highest BCUT2D eigenvalue weighted by molar-refractivity contribution is 5.70. The second-order valence-corrected chi connectivity index (χ2v) is 5.36. The molecule has 0 spiro atoms. The summed E-state index contributed by atoms with van der Waals surface area (Å²) in [4.78, 5) is 25.4. The van der Waals surface area contributed by atoms with E-state index in [1.807, 2.05) is 30.3 Å². The lowest BCUT2D eigenvalue weighted by molar-refractivity contribution is 0.0895. The molecule has 124 valence electrons. The molecule has 2 rings (SSSR count). The Morgan fingerprint density at radius 3 is 2.78 bits per heavy atom. The van der Waals surface area contributed by atoms with Gasteiger partial charge in [0, 0.05) is 6.54 Å². The molecule has 0 unspecified atom stereocenters.